The third-order valence-electron chi connectivity index (χ3n) is 3.77. The Bertz CT molecular complexity index is 769. The number of nitrogens with zero attached hydrogens (tertiary/aromatic N) is 1. The molecule has 2 nitrogen and oxygen atoms in total. The van der Waals surface area contributed by atoms with Crippen molar-refractivity contribution in [2.24, 2.45) is 0 Å². The topological polar surface area (TPSA) is 30.0 Å². The van der Waals surface area contributed by atoms with Crippen LogP contribution < -0.4 is 0 Å². The summed E-state index contributed by atoms with van der Waals surface area (Å²) in [6.07, 6.45) is 8.91. The van der Waals surface area contributed by atoms with Gasteiger partial charge in [0.25, 0.3) is 0 Å². The molecule has 21 heavy (non-hydrogen) atoms. The lowest BCUT2D eigenvalue weighted by molar-refractivity contribution is 0.103. The number of rotatable bonds is 2. The van der Waals surface area contributed by atoms with Crippen molar-refractivity contribution in [3.8, 4) is 0 Å². The van der Waals surface area contributed by atoms with Crippen molar-refractivity contribution in [1.29, 1.82) is 0 Å². The molecule has 0 fully saturated rings. The zero-order valence-electron chi connectivity index (χ0n) is 12.3. The Kier molecular flexibility index (Phi) is 3.53. The second kappa shape index (κ2) is 5.49. The Hall–Kier alpha value is -2.48. The van der Waals surface area contributed by atoms with E-state index in [0.717, 1.165) is 28.8 Å². The van der Waals surface area contributed by atoms with Gasteiger partial charge in [-0.25, -0.2) is 4.98 Å². The number of carbonyl (C=O) groups is 1. The summed E-state index contributed by atoms with van der Waals surface area (Å²) >= 11 is 0. The molecule has 0 saturated carbocycles. The largest absolute Gasteiger partial charge is 0.287 e. The molecule has 0 atom stereocenters. The molecule has 0 spiro atoms. The number of allylic oxidation sites excluding steroid dienone is 3. The Morgan fingerprint density at radius 2 is 1.90 bits per heavy atom. The fraction of sp³-hybridized carbons (Fsp3) is 0.158. The van der Waals surface area contributed by atoms with Crippen molar-refractivity contribution in [2.75, 3.05) is 0 Å². The number of aromatic nitrogens is 1. The van der Waals surface area contributed by atoms with E-state index in [0.29, 0.717) is 5.69 Å². The molecule has 0 radical (unpaired) electrons. The summed E-state index contributed by atoms with van der Waals surface area (Å²) in [4.78, 5) is 17.4. The number of hydrogen-bond acceptors (Lipinski definition) is 2. The summed E-state index contributed by atoms with van der Waals surface area (Å²) in [5, 5.41) is 0. The van der Waals surface area contributed by atoms with E-state index in [1.807, 2.05) is 56.3 Å². The smallest absolute Gasteiger partial charge is 0.211 e. The summed E-state index contributed by atoms with van der Waals surface area (Å²) in [5.41, 5.74) is 5.25. The molecule has 0 bridgehead atoms. The zero-order chi connectivity index (χ0) is 14.8. The lowest BCUT2D eigenvalue weighted by atomic mass is 9.98. The molecule has 2 heteroatoms. The number of hydrogen-bond donors (Lipinski definition) is 0. The highest BCUT2D eigenvalue weighted by atomic mass is 16.1. The van der Waals surface area contributed by atoms with E-state index in [1.165, 1.54) is 5.56 Å². The van der Waals surface area contributed by atoms with Crippen molar-refractivity contribution >= 4 is 11.9 Å². The van der Waals surface area contributed by atoms with E-state index in [4.69, 9.17) is 0 Å². The van der Waals surface area contributed by atoms with E-state index in [-0.39, 0.29) is 5.78 Å². The maximum Gasteiger partial charge on any atom is 0.211 e. The molecule has 104 valence electrons. The standard InChI is InChI=1S/C19H17NO/c1-13-8-6-7-10-16(13)19(21)18-14(2)12-15-9-4-3-5-11-17(15)20-18/h3-8,10-12H,9H2,1-2H3. The molecule has 1 aromatic heterocycles. The second-order valence-electron chi connectivity index (χ2n) is 5.33. The van der Waals surface area contributed by atoms with Crippen LogP contribution in [0.2, 0.25) is 0 Å². The summed E-state index contributed by atoms with van der Waals surface area (Å²) in [6.45, 7) is 3.91. The van der Waals surface area contributed by atoms with Gasteiger partial charge >= 0.3 is 0 Å². The number of benzene rings is 1. The molecule has 1 aliphatic rings. The van der Waals surface area contributed by atoms with Crippen LogP contribution >= 0.6 is 0 Å². The van der Waals surface area contributed by atoms with Gasteiger partial charge in [-0.05, 0) is 43.0 Å². The van der Waals surface area contributed by atoms with Crippen LogP contribution in [0.4, 0.5) is 0 Å². The Morgan fingerprint density at radius 3 is 2.71 bits per heavy atom. The first-order chi connectivity index (χ1) is 10.2. The van der Waals surface area contributed by atoms with Crippen LogP contribution in [0.3, 0.4) is 0 Å². The molecule has 1 heterocycles. The van der Waals surface area contributed by atoms with Gasteiger partial charge in [-0.3, -0.25) is 4.79 Å². The van der Waals surface area contributed by atoms with Gasteiger partial charge in [0.1, 0.15) is 5.69 Å². The minimum absolute atomic E-state index is 0.000920. The fourth-order valence-electron chi connectivity index (χ4n) is 2.60. The average molecular weight is 275 g/mol. The highest BCUT2D eigenvalue weighted by Crippen LogP contribution is 2.21. The molecule has 2 aromatic rings. The summed E-state index contributed by atoms with van der Waals surface area (Å²) in [7, 11) is 0. The van der Waals surface area contributed by atoms with E-state index in [2.05, 4.69) is 17.1 Å². The lowest BCUT2D eigenvalue weighted by Gasteiger charge is -2.10. The van der Waals surface area contributed by atoms with E-state index in [9.17, 15) is 4.79 Å². The van der Waals surface area contributed by atoms with Crippen LogP contribution in [-0.4, -0.2) is 10.8 Å². The highest BCUT2D eigenvalue weighted by Gasteiger charge is 2.17. The molecule has 0 saturated heterocycles. The van der Waals surface area contributed by atoms with Gasteiger partial charge in [0.15, 0.2) is 0 Å². The first-order valence-electron chi connectivity index (χ1n) is 7.11. The van der Waals surface area contributed by atoms with E-state index >= 15 is 0 Å². The first-order valence-corrected chi connectivity index (χ1v) is 7.11. The maximum absolute atomic E-state index is 12.8. The van der Waals surface area contributed by atoms with Crippen molar-refractivity contribution in [3.05, 3.63) is 82.2 Å². The van der Waals surface area contributed by atoms with Gasteiger partial charge in [0, 0.05) is 5.56 Å². The SMILES string of the molecule is Cc1ccccc1C(=O)c1nc2c(cc1C)CC=CC=C2. The quantitative estimate of drug-likeness (QED) is 0.774. The number of fused-ring (bicyclic) bond motifs is 1. The summed E-state index contributed by atoms with van der Waals surface area (Å²) in [6, 6.07) is 9.73. The summed E-state index contributed by atoms with van der Waals surface area (Å²) in [5.74, 6) is -0.000920. The molecule has 0 N–H and O–H groups in total. The number of carbonyl (C=O) groups excluding carboxylic acids is 1. The van der Waals surface area contributed by atoms with Crippen LogP contribution in [0.1, 0.15) is 38.4 Å². The monoisotopic (exact) mass is 275 g/mol. The van der Waals surface area contributed by atoms with Gasteiger partial charge < -0.3 is 0 Å². The van der Waals surface area contributed by atoms with Crippen LogP contribution in [-0.2, 0) is 6.42 Å². The van der Waals surface area contributed by atoms with Crippen molar-refractivity contribution < 1.29 is 4.79 Å². The van der Waals surface area contributed by atoms with Gasteiger partial charge in [-0.1, -0.05) is 48.6 Å². The minimum Gasteiger partial charge on any atom is -0.287 e. The predicted octanol–water partition coefficient (Wildman–Crippen LogP) is 4.05. The summed E-state index contributed by atoms with van der Waals surface area (Å²) < 4.78 is 0. The second-order valence-corrected chi connectivity index (χ2v) is 5.33. The van der Waals surface area contributed by atoms with E-state index < -0.39 is 0 Å². The Balaban J connectivity index is 2.09. The van der Waals surface area contributed by atoms with Crippen LogP contribution in [0.5, 0.6) is 0 Å². The molecular formula is C19H17NO. The fourth-order valence-corrected chi connectivity index (χ4v) is 2.60. The molecule has 0 amide bonds. The van der Waals surface area contributed by atoms with Crippen molar-refractivity contribution in [3.63, 3.8) is 0 Å². The number of pyridine rings is 1. The lowest BCUT2D eigenvalue weighted by Crippen LogP contribution is -2.10. The highest BCUT2D eigenvalue weighted by molar-refractivity contribution is 6.09. The van der Waals surface area contributed by atoms with Crippen molar-refractivity contribution in [2.45, 2.75) is 20.3 Å². The third-order valence-corrected chi connectivity index (χ3v) is 3.77. The number of aryl methyl sites for hydroxylation is 2. The van der Waals surface area contributed by atoms with Gasteiger partial charge in [0.2, 0.25) is 5.78 Å². The zero-order valence-corrected chi connectivity index (χ0v) is 12.3. The number of ketones is 1. The molecule has 1 aliphatic carbocycles. The van der Waals surface area contributed by atoms with Crippen LogP contribution in [0, 0.1) is 13.8 Å². The minimum atomic E-state index is -0.000920. The maximum atomic E-state index is 12.8. The Labute approximate surface area is 124 Å². The molecule has 3 rings (SSSR count). The molecule has 0 aliphatic heterocycles. The van der Waals surface area contributed by atoms with Crippen LogP contribution in [0.15, 0.2) is 48.6 Å². The normalized spacial score (nSPS) is 12.9. The predicted molar refractivity (Wildman–Crippen MR) is 85.5 cm³/mol. The van der Waals surface area contributed by atoms with E-state index in [1.54, 1.807) is 0 Å². The molecular weight excluding hydrogens is 258 g/mol. The van der Waals surface area contributed by atoms with Crippen LogP contribution in [0.25, 0.3) is 6.08 Å². The first kappa shape index (κ1) is 13.5. The van der Waals surface area contributed by atoms with Gasteiger partial charge in [0.05, 0.1) is 5.69 Å². The molecule has 0 unspecified atom stereocenters. The van der Waals surface area contributed by atoms with Gasteiger partial charge in [-0.2, -0.15) is 0 Å². The van der Waals surface area contributed by atoms with Crippen molar-refractivity contribution in [1.82, 2.24) is 4.98 Å². The van der Waals surface area contributed by atoms with Gasteiger partial charge in [-0.15, -0.1) is 0 Å². The Morgan fingerprint density at radius 1 is 1.10 bits per heavy atom. The molecule has 1 aromatic carbocycles. The average Bonchev–Trinajstić information content (AvgIpc) is 2.71. The third kappa shape index (κ3) is 2.57.